The summed E-state index contributed by atoms with van der Waals surface area (Å²) in [4.78, 5) is 12.5. The molecule has 0 aromatic heterocycles. The van der Waals surface area contributed by atoms with Gasteiger partial charge >= 0.3 is 0 Å². The van der Waals surface area contributed by atoms with Gasteiger partial charge in [0.25, 0.3) is 0 Å². The first-order valence-electron chi connectivity index (χ1n) is 9.09. The lowest BCUT2D eigenvalue weighted by Crippen LogP contribution is -2.19. The van der Waals surface area contributed by atoms with Crippen molar-refractivity contribution in [3.63, 3.8) is 0 Å². The van der Waals surface area contributed by atoms with Crippen molar-refractivity contribution in [3.8, 4) is 6.07 Å². The number of carbonyl (C=O) groups is 1. The van der Waals surface area contributed by atoms with E-state index >= 15 is 0 Å². The zero-order chi connectivity index (χ0) is 19.1. The van der Waals surface area contributed by atoms with Crippen LogP contribution < -0.4 is 10.6 Å². The molecule has 2 N–H and O–H groups in total. The Kier molecular flexibility index (Phi) is 6.80. The van der Waals surface area contributed by atoms with Crippen molar-refractivity contribution >= 4 is 17.3 Å². The summed E-state index contributed by atoms with van der Waals surface area (Å²) in [7, 11) is 0. The largest absolute Gasteiger partial charge is 0.383 e. The van der Waals surface area contributed by atoms with Crippen molar-refractivity contribution < 1.29 is 4.79 Å². The van der Waals surface area contributed by atoms with Crippen LogP contribution in [0.5, 0.6) is 0 Å². The van der Waals surface area contributed by atoms with Crippen LogP contribution >= 0.6 is 0 Å². The minimum Gasteiger partial charge on any atom is -0.383 e. The fourth-order valence-corrected chi connectivity index (χ4v) is 2.94. The maximum Gasteiger partial charge on any atom is 0.226 e. The number of nitrogens with one attached hydrogen (secondary N) is 2. The third kappa shape index (κ3) is 4.86. The van der Waals surface area contributed by atoms with E-state index in [0.717, 1.165) is 22.5 Å². The Hall–Kier alpha value is -2.80. The van der Waals surface area contributed by atoms with Gasteiger partial charge in [-0.25, -0.2) is 0 Å². The molecule has 0 spiro atoms. The minimum absolute atomic E-state index is 0.0260. The van der Waals surface area contributed by atoms with E-state index in [1.807, 2.05) is 18.2 Å². The summed E-state index contributed by atoms with van der Waals surface area (Å²) < 4.78 is 0. The molecule has 1 amide bonds. The highest BCUT2D eigenvalue weighted by Gasteiger charge is 2.15. The van der Waals surface area contributed by atoms with E-state index < -0.39 is 0 Å². The number of nitriles is 1. The van der Waals surface area contributed by atoms with Gasteiger partial charge in [0.2, 0.25) is 5.91 Å². The molecule has 0 saturated heterocycles. The van der Waals surface area contributed by atoms with E-state index in [-0.39, 0.29) is 5.91 Å². The number of rotatable bonds is 7. The standard InChI is InChI=1S/C22H27N3O/c1-15(2)18-9-7-10-19(16(3)4)22(18)25-21(26)12-13-24-20-11-6-5-8-17(20)14-23/h5-11,15-16,24H,12-13H2,1-4H3,(H,25,26). The number of anilines is 2. The normalized spacial score (nSPS) is 10.7. The van der Waals surface area contributed by atoms with E-state index in [0.29, 0.717) is 30.4 Å². The summed E-state index contributed by atoms with van der Waals surface area (Å²) in [6.45, 7) is 9.02. The van der Waals surface area contributed by atoms with Gasteiger partial charge in [0.15, 0.2) is 0 Å². The average Bonchev–Trinajstić information content (AvgIpc) is 2.61. The van der Waals surface area contributed by atoms with Crippen LogP contribution in [0, 0.1) is 11.3 Å². The zero-order valence-electron chi connectivity index (χ0n) is 16.0. The quantitative estimate of drug-likeness (QED) is 0.718. The van der Waals surface area contributed by atoms with Gasteiger partial charge in [0, 0.05) is 18.7 Å². The molecule has 0 radical (unpaired) electrons. The number of nitrogens with zero attached hydrogens (tertiary/aromatic N) is 1. The predicted octanol–water partition coefficient (Wildman–Crippen LogP) is 5.25. The van der Waals surface area contributed by atoms with Crippen LogP contribution in [0.25, 0.3) is 0 Å². The minimum atomic E-state index is -0.0260. The fraction of sp³-hybridized carbons (Fsp3) is 0.364. The highest BCUT2D eigenvalue weighted by Crippen LogP contribution is 2.32. The monoisotopic (exact) mass is 349 g/mol. The maximum absolute atomic E-state index is 12.5. The molecule has 2 aromatic rings. The number of benzene rings is 2. The molecule has 0 aliphatic heterocycles. The second-order valence-corrected chi connectivity index (χ2v) is 7.00. The van der Waals surface area contributed by atoms with E-state index in [1.54, 1.807) is 6.07 Å². The van der Waals surface area contributed by atoms with Gasteiger partial charge in [-0.05, 0) is 35.1 Å². The lowest BCUT2D eigenvalue weighted by molar-refractivity contribution is -0.115. The molecule has 136 valence electrons. The van der Waals surface area contributed by atoms with Crippen LogP contribution in [0.2, 0.25) is 0 Å². The zero-order valence-corrected chi connectivity index (χ0v) is 16.0. The average molecular weight is 349 g/mol. The van der Waals surface area contributed by atoms with Crippen LogP contribution in [0.3, 0.4) is 0 Å². The molecule has 0 fully saturated rings. The number of para-hydroxylation sites is 2. The Morgan fingerprint density at radius 2 is 1.62 bits per heavy atom. The van der Waals surface area contributed by atoms with Crippen molar-refractivity contribution in [2.24, 2.45) is 0 Å². The van der Waals surface area contributed by atoms with E-state index in [2.05, 4.69) is 62.6 Å². The van der Waals surface area contributed by atoms with Gasteiger partial charge < -0.3 is 10.6 Å². The van der Waals surface area contributed by atoms with Gasteiger partial charge in [-0.3, -0.25) is 4.79 Å². The Labute approximate surface area is 156 Å². The molecule has 0 heterocycles. The maximum atomic E-state index is 12.5. The summed E-state index contributed by atoms with van der Waals surface area (Å²) in [5, 5.41) is 15.4. The van der Waals surface area contributed by atoms with Crippen LogP contribution in [0.4, 0.5) is 11.4 Å². The molecule has 0 aliphatic rings. The molecule has 0 saturated carbocycles. The number of amides is 1. The van der Waals surface area contributed by atoms with Crippen LogP contribution in [-0.4, -0.2) is 12.5 Å². The molecule has 0 atom stereocenters. The van der Waals surface area contributed by atoms with Crippen molar-refractivity contribution in [2.75, 3.05) is 17.2 Å². The smallest absolute Gasteiger partial charge is 0.226 e. The van der Waals surface area contributed by atoms with E-state index in [9.17, 15) is 4.79 Å². The third-order valence-electron chi connectivity index (χ3n) is 4.35. The van der Waals surface area contributed by atoms with E-state index in [4.69, 9.17) is 5.26 Å². The molecule has 0 bridgehead atoms. The summed E-state index contributed by atoms with van der Waals surface area (Å²) in [6.07, 6.45) is 0.337. The summed E-state index contributed by atoms with van der Waals surface area (Å²) in [5.74, 6) is 0.649. The Balaban J connectivity index is 2.05. The number of carbonyl (C=O) groups excluding carboxylic acids is 1. The molecule has 2 rings (SSSR count). The third-order valence-corrected chi connectivity index (χ3v) is 4.35. The molecular weight excluding hydrogens is 322 g/mol. The van der Waals surface area contributed by atoms with Crippen molar-refractivity contribution in [1.29, 1.82) is 5.26 Å². The second kappa shape index (κ2) is 9.05. The Bertz CT molecular complexity index is 777. The van der Waals surface area contributed by atoms with Crippen LogP contribution in [0.1, 0.15) is 62.6 Å². The van der Waals surface area contributed by atoms with Gasteiger partial charge in [0.1, 0.15) is 6.07 Å². The number of hydrogen-bond donors (Lipinski definition) is 2. The van der Waals surface area contributed by atoms with Crippen molar-refractivity contribution in [1.82, 2.24) is 0 Å². The van der Waals surface area contributed by atoms with Crippen LogP contribution in [0.15, 0.2) is 42.5 Å². The lowest BCUT2D eigenvalue weighted by atomic mass is 9.92. The van der Waals surface area contributed by atoms with Gasteiger partial charge in [-0.1, -0.05) is 58.0 Å². The summed E-state index contributed by atoms with van der Waals surface area (Å²) in [5.41, 5.74) is 4.60. The predicted molar refractivity (Wildman–Crippen MR) is 108 cm³/mol. The SMILES string of the molecule is CC(C)c1cccc(C(C)C)c1NC(=O)CCNc1ccccc1C#N. The first kappa shape index (κ1) is 19.5. The molecule has 4 nitrogen and oxygen atoms in total. The van der Waals surface area contributed by atoms with Gasteiger partial charge in [-0.15, -0.1) is 0 Å². The first-order chi connectivity index (χ1) is 12.4. The Morgan fingerprint density at radius 1 is 1.00 bits per heavy atom. The fourth-order valence-electron chi connectivity index (χ4n) is 2.94. The molecular formula is C22H27N3O. The number of hydrogen-bond acceptors (Lipinski definition) is 3. The second-order valence-electron chi connectivity index (χ2n) is 7.00. The van der Waals surface area contributed by atoms with Crippen LogP contribution in [-0.2, 0) is 4.79 Å². The molecule has 0 unspecified atom stereocenters. The van der Waals surface area contributed by atoms with Gasteiger partial charge in [-0.2, -0.15) is 5.26 Å². The Morgan fingerprint density at radius 3 is 2.19 bits per heavy atom. The molecule has 4 heteroatoms. The summed E-state index contributed by atoms with van der Waals surface area (Å²) in [6, 6.07) is 15.7. The highest BCUT2D eigenvalue weighted by molar-refractivity contribution is 5.93. The summed E-state index contributed by atoms with van der Waals surface area (Å²) >= 11 is 0. The molecule has 2 aromatic carbocycles. The first-order valence-corrected chi connectivity index (χ1v) is 9.09. The molecule has 0 aliphatic carbocycles. The van der Waals surface area contributed by atoms with Crippen molar-refractivity contribution in [3.05, 3.63) is 59.2 Å². The van der Waals surface area contributed by atoms with Crippen molar-refractivity contribution in [2.45, 2.75) is 46.0 Å². The lowest BCUT2D eigenvalue weighted by Gasteiger charge is -2.20. The highest BCUT2D eigenvalue weighted by atomic mass is 16.1. The topological polar surface area (TPSA) is 64.9 Å². The molecule has 26 heavy (non-hydrogen) atoms. The van der Waals surface area contributed by atoms with Gasteiger partial charge in [0.05, 0.1) is 11.3 Å². The van der Waals surface area contributed by atoms with E-state index in [1.165, 1.54) is 0 Å².